The molecule has 2 atom stereocenters. The minimum absolute atomic E-state index is 0.237. The molecule has 0 saturated heterocycles. The van der Waals surface area contributed by atoms with E-state index in [4.69, 9.17) is 5.73 Å². The number of nitrogens with two attached hydrogens (primary N) is 1. The van der Waals surface area contributed by atoms with Gasteiger partial charge in [0, 0.05) is 24.0 Å². The van der Waals surface area contributed by atoms with Crippen LogP contribution in [0.4, 0.5) is 24.8 Å². The van der Waals surface area contributed by atoms with E-state index in [0.29, 0.717) is 46.0 Å². The summed E-state index contributed by atoms with van der Waals surface area (Å²) in [7, 11) is 0. The van der Waals surface area contributed by atoms with Crippen molar-refractivity contribution >= 4 is 28.9 Å². The lowest BCUT2D eigenvalue weighted by molar-refractivity contribution is -0.141. The molecule has 4 rings (SSSR count). The predicted molar refractivity (Wildman–Crippen MR) is 128 cm³/mol. The van der Waals surface area contributed by atoms with Crippen molar-refractivity contribution in [2.75, 3.05) is 5.32 Å². The summed E-state index contributed by atoms with van der Waals surface area (Å²) in [5.74, 6) is -0.962. The Morgan fingerprint density at radius 3 is 2.67 bits per heavy atom. The molecule has 12 heteroatoms. The van der Waals surface area contributed by atoms with Gasteiger partial charge >= 0.3 is 6.18 Å². The molecule has 192 valence electrons. The van der Waals surface area contributed by atoms with E-state index in [-0.39, 0.29) is 24.4 Å². The molecule has 1 saturated carbocycles. The van der Waals surface area contributed by atoms with E-state index in [1.54, 1.807) is 24.4 Å². The molecule has 8 nitrogen and oxygen atoms in total. The van der Waals surface area contributed by atoms with Gasteiger partial charge in [0.25, 0.3) is 0 Å². The maximum absolute atomic E-state index is 13.0. The summed E-state index contributed by atoms with van der Waals surface area (Å²) in [5.41, 5.74) is 4.28. The van der Waals surface area contributed by atoms with E-state index in [0.717, 1.165) is 12.3 Å². The maximum Gasteiger partial charge on any atom is 0.433 e. The van der Waals surface area contributed by atoms with Crippen LogP contribution in [-0.2, 0) is 23.2 Å². The standard InChI is InChI=1S/C24H26F3N5O3S/c1-22(2)12-23(35,5-3-16(22)19(28)34)20-30-10-17(36-20)14-7-13(11-33)8-15(9-14)31-21-29-6-4-18(32-21)24(25,26)27/h4,6-10,16,33,35H,3,5,11-12H2,1-2H3,(H2,28,34)(H,29,31,32)/t16-,23-/m1/s1. The third-order valence-electron chi connectivity index (χ3n) is 6.45. The lowest BCUT2D eigenvalue weighted by Gasteiger charge is -2.44. The molecule has 1 amide bonds. The number of aromatic nitrogens is 3. The maximum atomic E-state index is 13.0. The average molecular weight is 522 g/mol. The Kier molecular flexibility index (Phi) is 6.80. The topological polar surface area (TPSA) is 134 Å². The number of amides is 1. The van der Waals surface area contributed by atoms with Crippen molar-refractivity contribution in [1.29, 1.82) is 0 Å². The molecular weight excluding hydrogens is 495 g/mol. The number of aliphatic hydroxyl groups is 2. The predicted octanol–water partition coefficient (Wildman–Crippen LogP) is 4.35. The van der Waals surface area contributed by atoms with Crippen LogP contribution in [0.2, 0.25) is 0 Å². The molecule has 0 radical (unpaired) electrons. The van der Waals surface area contributed by atoms with Crippen molar-refractivity contribution in [3.63, 3.8) is 0 Å². The van der Waals surface area contributed by atoms with Crippen LogP contribution in [0.5, 0.6) is 0 Å². The van der Waals surface area contributed by atoms with Crippen molar-refractivity contribution in [2.45, 2.75) is 51.5 Å². The van der Waals surface area contributed by atoms with Crippen molar-refractivity contribution in [3.05, 3.63) is 52.9 Å². The summed E-state index contributed by atoms with van der Waals surface area (Å²) in [5, 5.41) is 24.4. The van der Waals surface area contributed by atoms with Gasteiger partial charge in [-0.2, -0.15) is 13.2 Å². The molecule has 1 aliphatic rings. The van der Waals surface area contributed by atoms with Crippen LogP contribution in [0.25, 0.3) is 10.4 Å². The molecule has 3 aromatic rings. The second kappa shape index (κ2) is 9.41. The van der Waals surface area contributed by atoms with Gasteiger partial charge in [-0.15, -0.1) is 11.3 Å². The fraction of sp³-hybridized carbons (Fsp3) is 0.417. The average Bonchev–Trinajstić information content (AvgIpc) is 3.29. The second-order valence-corrected chi connectivity index (χ2v) is 10.7. The number of primary amides is 1. The number of alkyl halides is 3. The van der Waals surface area contributed by atoms with Gasteiger partial charge in [0.2, 0.25) is 11.9 Å². The zero-order valence-electron chi connectivity index (χ0n) is 19.6. The lowest BCUT2D eigenvalue weighted by Crippen LogP contribution is -2.46. The minimum Gasteiger partial charge on any atom is -0.392 e. The molecule has 0 unspecified atom stereocenters. The Labute approximate surface area is 209 Å². The summed E-state index contributed by atoms with van der Waals surface area (Å²) < 4.78 is 39.0. The number of carbonyl (C=O) groups excluding carboxylic acids is 1. The van der Waals surface area contributed by atoms with Gasteiger partial charge in [-0.1, -0.05) is 13.8 Å². The first kappa shape index (κ1) is 26.0. The largest absolute Gasteiger partial charge is 0.433 e. The molecule has 1 aliphatic carbocycles. The van der Waals surface area contributed by atoms with E-state index >= 15 is 0 Å². The fourth-order valence-electron chi connectivity index (χ4n) is 4.78. The summed E-state index contributed by atoms with van der Waals surface area (Å²) in [6.07, 6.45) is -0.892. The highest BCUT2D eigenvalue weighted by Gasteiger charge is 2.48. The molecule has 0 spiro atoms. The first-order chi connectivity index (χ1) is 16.8. The molecule has 2 aromatic heterocycles. The molecule has 5 N–H and O–H groups in total. The number of carbonyl (C=O) groups is 1. The number of benzene rings is 1. The lowest BCUT2D eigenvalue weighted by atomic mass is 9.63. The highest BCUT2D eigenvalue weighted by molar-refractivity contribution is 7.15. The molecule has 0 aliphatic heterocycles. The number of hydrogen-bond acceptors (Lipinski definition) is 8. The van der Waals surface area contributed by atoms with E-state index in [9.17, 15) is 28.2 Å². The highest BCUT2D eigenvalue weighted by atomic mass is 32.1. The quantitative estimate of drug-likeness (QED) is 0.379. The number of halogens is 3. The first-order valence-corrected chi connectivity index (χ1v) is 12.0. The van der Waals surface area contributed by atoms with Gasteiger partial charge < -0.3 is 21.3 Å². The van der Waals surface area contributed by atoms with Crippen molar-refractivity contribution in [3.8, 4) is 10.4 Å². The van der Waals surface area contributed by atoms with Crippen LogP contribution in [0, 0.1) is 11.3 Å². The Bertz CT molecular complexity index is 1280. The van der Waals surface area contributed by atoms with Gasteiger partial charge in [-0.05, 0) is 60.1 Å². The van der Waals surface area contributed by atoms with Gasteiger partial charge in [0.15, 0.2) is 0 Å². The Balaban J connectivity index is 1.62. The van der Waals surface area contributed by atoms with Gasteiger partial charge in [0.1, 0.15) is 16.3 Å². The van der Waals surface area contributed by atoms with Gasteiger partial charge in [-0.3, -0.25) is 4.79 Å². The number of rotatable bonds is 6. The smallest absolute Gasteiger partial charge is 0.392 e. The molecule has 36 heavy (non-hydrogen) atoms. The fourth-order valence-corrected chi connectivity index (χ4v) is 5.79. The normalized spacial score (nSPS) is 21.8. The Morgan fingerprint density at radius 1 is 1.28 bits per heavy atom. The third kappa shape index (κ3) is 5.35. The monoisotopic (exact) mass is 521 g/mol. The molecule has 2 heterocycles. The summed E-state index contributed by atoms with van der Waals surface area (Å²) in [6.45, 7) is 3.50. The number of nitrogens with one attached hydrogen (secondary N) is 1. The van der Waals surface area contributed by atoms with Crippen molar-refractivity contribution in [1.82, 2.24) is 15.0 Å². The van der Waals surface area contributed by atoms with Crippen LogP contribution in [-0.4, -0.2) is 31.1 Å². The van der Waals surface area contributed by atoms with Crippen LogP contribution in [0.3, 0.4) is 0 Å². The SMILES string of the molecule is CC1(C)C[C@@](O)(c2ncc(-c3cc(CO)cc(Nc4nccc(C(F)(F)F)n4)c3)s2)CC[C@@H]1C(N)=O. The Hall–Kier alpha value is -3.09. The van der Waals surface area contributed by atoms with Crippen LogP contribution >= 0.6 is 11.3 Å². The number of aliphatic hydroxyl groups excluding tert-OH is 1. The summed E-state index contributed by atoms with van der Waals surface area (Å²) in [6, 6.07) is 5.77. The molecule has 1 aromatic carbocycles. The van der Waals surface area contributed by atoms with E-state index in [1.807, 2.05) is 13.8 Å². The summed E-state index contributed by atoms with van der Waals surface area (Å²) >= 11 is 1.28. The number of nitrogens with zero attached hydrogens (tertiary/aromatic N) is 3. The number of anilines is 2. The highest BCUT2D eigenvalue weighted by Crippen LogP contribution is 2.50. The van der Waals surface area contributed by atoms with E-state index in [1.165, 1.54) is 11.3 Å². The zero-order chi connectivity index (χ0) is 26.3. The van der Waals surface area contributed by atoms with E-state index < -0.39 is 22.9 Å². The number of hydrogen-bond donors (Lipinski definition) is 4. The Morgan fingerprint density at radius 2 is 2.03 bits per heavy atom. The summed E-state index contributed by atoms with van der Waals surface area (Å²) in [4.78, 5) is 24.3. The van der Waals surface area contributed by atoms with Crippen LogP contribution < -0.4 is 11.1 Å². The molecule has 0 bridgehead atoms. The van der Waals surface area contributed by atoms with Gasteiger partial charge in [-0.25, -0.2) is 15.0 Å². The van der Waals surface area contributed by atoms with E-state index in [2.05, 4.69) is 20.3 Å². The second-order valence-electron chi connectivity index (χ2n) is 9.69. The van der Waals surface area contributed by atoms with Crippen LogP contribution in [0.15, 0.2) is 36.7 Å². The first-order valence-electron chi connectivity index (χ1n) is 11.2. The molecule has 1 fully saturated rings. The van der Waals surface area contributed by atoms with Crippen molar-refractivity contribution < 1.29 is 28.2 Å². The van der Waals surface area contributed by atoms with Crippen molar-refractivity contribution in [2.24, 2.45) is 17.1 Å². The van der Waals surface area contributed by atoms with Gasteiger partial charge in [0.05, 0.1) is 11.5 Å². The third-order valence-corrected chi connectivity index (χ3v) is 7.69. The van der Waals surface area contributed by atoms with Crippen LogP contribution in [0.1, 0.15) is 49.4 Å². The number of thiazole rings is 1. The molecular formula is C24H26F3N5O3S. The zero-order valence-corrected chi connectivity index (χ0v) is 20.5. The minimum atomic E-state index is -4.61.